The Morgan fingerprint density at radius 1 is 1.21 bits per heavy atom. The van der Waals surface area contributed by atoms with Gasteiger partial charge in [0, 0.05) is 35.9 Å². The normalized spacial score (nSPS) is 17.2. The first-order valence-corrected chi connectivity index (χ1v) is 9.69. The topological polar surface area (TPSA) is 101 Å². The third-order valence-electron chi connectivity index (χ3n) is 4.68. The lowest BCUT2D eigenvalue weighted by molar-refractivity contribution is 0.165. The molecule has 1 aliphatic rings. The zero-order valence-corrected chi connectivity index (χ0v) is 16.6. The molecule has 2 aromatic heterocycles. The van der Waals surface area contributed by atoms with Crippen molar-refractivity contribution in [3.05, 3.63) is 36.0 Å². The van der Waals surface area contributed by atoms with E-state index in [0.717, 1.165) is 16.6 Å². The van der Waals surface area contributed by atoms with Crippen LogP contribution in [0, 0.1) is 0 Å². The summed E-state index contributed by atoms with van der Waals surface area (Å²) in [5.41, 5.74) is 2.01. The van der Waals surface area contributed by atoms with Crippen molar-refractivity contribution in [1.82, 2.24) is 24.7 Å². The summed E-state index contributed by atoms with van der Waals surface area (Å²) in [4.78, 5) is 13.2. The molecule has 0 saturated heterocycles. The van der Waals surface area contributed by atoms with Crippen molar-refractivity contribution in [1.29, 1.82) is 0 Å². The average molecular weight is 397 g/mol. The number of nitrogens with zero attached hydrogens (tertiary/aromatic N) is 5. The molecule has 1 atom stereocenters. The van der Waals surface area contributed by atoms with Gasteiger partial charge in [0.05, 0.1) is 5.52 Å². The van der Waals surface area contributed by atoms with Crippen LogP contribution >= 0.6 is 0 Å². The number of benzene rings is 1. The van der Waals surface area contributed by atoms with Crippen molar-refractivity contribution in [3.63, 3.8) is 0 Å². The van der Waals surface area contributed by atoms with Gasteiger partial charge in [-0.1, -0.05) is 0 Å². The van der Waals surface area contributed by atoms with E-state index in [1.807, 2.05) is 45.3 Å². The molecule has 3 aromatic rings. The third kappa shape index (κ3) is 4.19. The predicted octanol–water partition coefficient (Wildman–Crippen LogP) is 3.55. The van der Waals surface area contributed by atoms with Gasteiger partial charge < -0.3 is 15.7 Å². The highest BCUT2D eigenvalue weighted by Crippen LogP contribution is 2.32. The first kappa shape index (κ1) is 19.3. The van der Waals surface area contributed by atoms with Crippen LogP contribution in [0.25, 0.3) is 16.5 Å². The Bertz CT molecular complexity index is 1080. The fourth-order valence-corrected chi connectivity index (χ4v) is 3.38. The maximum atomic E-state index is 14.5. The van der Waals surface area contributed by atoms with Gasteiger partial charge in [-0.05, 0) is 51.3 Å². The van der Waals surface area contributed by atoms with E-state index in [-0.39, 0.29) is 11.9 Å². The molecule has 0 radical (unpaired) electrons. The zero-order valence-electron chi connectivity index (χ0n) is 16.6. The minimum atomic E-state index is -1.10. The van der Waals surface area contributed by atoms with Gasteiger partial charge in [-0.3, -0.25) is 4.68 Å². The molecule has 1 aliphatic carbocycles. The fourth-order valence-electron chi connectivity index (χ4n) is 3.38. The number of fused-ring (bicyclic) bond motifs is 1. The quantitative estimate of drug-likeness (QED) is 0.605. The number of rotatable bonds is 5. The summed E-state index contributed by atoms with van der Waals surface area (Å²) in [5, 5.41) is 21.6. The van der Waals surface area contributed by atoms with Gasteiger partial charge in [-0.2, -0.15) is 20.1 Å². The fraction of sp³-hybridized carbons (Fsp3) is 0.400. The van der Waals surface area contributed by atoms with Crippen molar-refractivity contribution in [2.75, 3.05) is 10.6 Å². The van der Waals surface area contributed by atoms with Crippen LogP contribution in [0.5, 0.6) is 0 Å². The first-order chi connectivity index (χ1) is 13.9. The number of hydrogen-bond acceptors (Lipinski definition) is 7. The number of aromatic nitrogens is 5. The van der Waals surface area contributed by atoms with Crippen LogP contribution in [-0.4, -0.2) is 42.0 Å². The lowest BCUT2D eigenvalue weighted by Crippen LogP contribution is -2.18. The van der Waals surface area contributed by atoms with Crippen molar-refractivity contribution in [3.8, 4) is 0 Å². The number of aryl methyl sites for hydroxylation is 1. The Labute approximate surface area is 167 Å². The number of aliphatic hydroxyl groups is 1. The van der Waals surface area contributed by atoms with E-state index in [1.54, 1.807) is 4.68 Å². The Hall–Kier alpha value is -3.07. The second-order valence-corrected chi connectivity index (χ2v) is 7.54. The monoisotopic (exact) mass is 397 g/mol. The van der Waals surface area contributed by atoms with Crippen LogP contribution in [0.2, 0.25) is 0 Å². The molecular weight excluding hydrogens is 373 g/mol. The summed E-state index contributed by atoms with van der Waals surface area (Å²) in [5.74, 6) is 0.349. The average Bonchev–Trinajstić information content (AvgIpc) is 3.02. The molecule has 8 nitrogen and oxygen atoms in total. The van der Waals surface area contributed by atoms with Crippen molar-refractivity contribution < 1.29 is 9.50 Å². The summed E-state index contributed by atoms with van der Waals surface area (Å²) in [6.07, 6.45) is 2.40. The van der Waals surface area contributed by atoms with Gasteiger partial charge in [-0.15, -0.1) is 0 Å². The van der Waals surface area contributed by atoms with Crippen LogP contribution in [0.1, 0.15) is 38.9 Å². The number of halogens is 1. The lowest BCUT2D eigenvalue weighted by atomic mass is 9.96. The van der Waals surface area contributed by atoms with E-state index >= 15 is 0 Å². The summed E-state index contributed by atoms with van der Waals surface area (Å²) in [7, 11) is 1.87. The van der Waals surface area contributed by atoms with Gasteiger partial charge in [0.25, 0.3) is 0 Å². The maximum absolute atomic E-state index is 14.5. The van der Waals surface area contributed by atoms with Crippen LogP contribution in [0.15, 0.2) is 30.2 Å². The predicted molar refractivity (Wildman–Crippen MR) is 110 cm³/mol. The SMILES string of the molecule is CC(C)Nc1nc(Nc2ccc3nn(C)cc3c2)nc(C2=C(F)C(O)CCC2)n1. The summed E-state index contributed by atoms with van der Waals surface area (Å²) >= 11 is 0. The second-order valence-electron chi connectivity index (χ2n) is 7.54. The van der Waals surface area contributed by atoms with Gasteiger partial charge >= 0.3 is 0 Å². The lowest BCUT2D eigenvalue weighted by Gasteiger charge is -2.19. The Balaban J connectivity index is 1.72. The second kappa shape index (κ2) is 7.75. The molecule has 9 heteroatoms. The van der Waals surface area contributed by atoms with Gasteiger partial charge in [0.15, 0.2) is 5.82 Å². The molecule has 0 fully saturated rings. The Morgan fingerprint density at radius 3 is 2.79 bits per heavy atom. The highest BCUT2D eigenvalue weighted by molar-refractivity contribution is 5.82. The van der Waals surface area contributed by atoms with Gasteiger partial charge in [0.2, 0.25) is 11.9 Å². The molecule has 0 amide bonds. The van der Waals surface area contributed by atoms with E-state index in [4.69, 9.17) is 0 Å². The molecule has 2 heterocycles. The third-order valence-corrected chi connectivity index (χ3v) is 4.68. The van der Waals surface area contributed by atoms with E-state index in [0.29, 0.717) is 36.7 Å². The van der Waals surface area contributed by atoms with E-state index in [1.165, 1.54) is 0 Å². The van der Waals surface area contributed by atoms with Crippen molar-refractivity contribution >= 4 is 34.1 Å². The smallest absolute Gasteiger partial charge is 0.232 e. The van der Waals surface area contributed by atoms with Crippen LogP contribution in [0.3, 0.4) is 0 Å². The van der Waals surface area contributed by atoms with Crippen LogP contribution in [-0.2, 0) is 7.05 Å². The molecule has 4 rings (SSSR count). The van der Waals surface area contributed by atoms with Gasteiger partial charge in [-0.25, -0.2) is 4.39 Å². The molecule has 29 heavy (non-hydrogen) atoms. The summed E-state index contributed by atoms with van der Waals surface area (Å²) in [6.45, 7) is 3.94. The largest absolute Gasteiger partial charge is 0.386 e. The molecule has 1 unspecified atom stereocenters. The highest BCUT2D eigenvalue weighted by atomic mass is 19.1. The number of anilines is 3. The number of hydrogen-bond donors (Lipinski definition) is 3. The molecular formula is C20H24FN7O. The standard InChI is InChI=1S/C20H24FN7O/c1-11(2)22-19-24-18(14-5-4-6-16(29)17(14)21)25-20(26-19)23-13-7-8-15-12(9-13)10-28(3)27-15/h7-11,16,29H,4-6H2,1-3H3,(H2,22,23,24,25,26). The minimum absolute atomic E-state index is 0.0978. The molecule has 0 aliphatic heterocycles. The van der Waals surface area contributed by atoms with Crippen LogP contribution < -0.4 is 10.6 Å². The van der Waals surface area contributed by atoms with Gasteiger partial charge in [0.1, 0.15) is 11.9 Å². The zero-order chi connectivity index (χ0) is 20.5. The van der Waals surface area contributed by atoms with E-state index < -0.39 is 11.9 Å². The first-order valence-electron chi connectivity index (χ1n) is 9.69. The minimum Gasteiger partial charge on any atom is -0.386 e. The Morgan fingerprint density at radius 2 is 2.00 bits per heavy atom. The van der Waals surface area contributed by atoms with E-state index in [2.05, 4.69) is 30.7 Å². The van der Waals surface area contributed by atoms with Crippen molar-refractivity contribution in [2.24, 2.45) is 7.05 Å². The number of allylic oxidation sites excluding steroid dienone is 1. The number of aliphatic hydroxyl groups excluding tert-OH is 1. The van der Waals surface area contributed by atoms with E-state index in [9.17, 15) is 9.50 Å². The molecule has 152 valence electrons. The molecule has 0 saturated carbocycles. The molecule has 3 N–H and O–H groups in total. The Kier molecular flexibility index (Phi) is 5.14. The molecule has 1 aromatic carbocycles. The van der Waals surface area contributed by atoms with Crippen molar-refractivity contribution in [2.45, 2.75) is 45.3 Å². The highest BCUT2D eigenvalue weighted by Gasteiger charge is 2.25. The summed E-state index contributed by atoms with van der Waals surface area (Å²) < 4.78 is 16.3. The number of nitrogens with one attached hydrogen (secondary N) is 2. The molecule has 0 bridgehead atoms. The summed E-state index contributed by atoms with van der Waals surface area (Å²) in [6, 6.07) is 5.84. The molecule has 0 spiro atoms. The van der Waals surface area contributed by atoms with Crippen LogP contribution in [0.4, 0.5) is 22.0 Å². The maximum Gasteiger partial charge on any atom is 0.232 e.